The van der Waals surface area contributed by atoms with Gasteiger partial charge in [-0.2, -0.15) is 5.10 Å². The molecule has 1 aliphatic rings. The highest BCUT2D eigenvalue weighted by Crippen LogP contribution is 2.37. The third-order valence-corrected chi connectivity index (χ3v) is 8.78. The van der Waals surface area contributed by atoms with Gasteiger partial charge in [0.15, 0.2) is 17.2 Å². The topological polar surface area (TPSA) is 112 Å². The molecule has 0 atom stereocenters. The molecule has 1 aromatic carbocycles. The van der Waals surface area contributed by atoms with Gasteiger partial charge in [0, 0.05) is 55.1 Å². The van der Waals surface area contributed by atoms with Gasteiger partial charge in [-0.25, -0.2) is 24.4 Å². The molecule has 12 nitrogen and oxygen atoms in total. The molecule has 0 bridgehead atoms. The van der Waals surface area contributed by atoms with E-state index < -0.39 is 15.8 Å². The summed E-state index contributed by atoms with van der Waals surface area (Å²) in [6.45, 7) is 6.57. The minimum absolute atomic E-state index is 0.0525. The van der Waals surface area contributed by atoms with E-state index >= 15 is 4.39 Å². The Kier molecular flexibility index (Phi) is 10.7. The Morgan fingerprint density at radius 2 is 1.96 bits per heavy atom. The lowest BCUT2D eigenvalue weighted by molar-refractivity contribution is -0.0286. The zero-order valence-corrected chi connectivity index (χ0v) is 27.7. The molecule has 0 saturated carbocycles. The molecule has 3 aromatic heterocycles. The van der Waals surface area contributed by atoms with Crippen molar-refractivity contribution in [1.82, 2.24) is 29.6 Å². The number of hydrogen-bond acceptors (Lipinski definition) is 11. The maximum Gasteiger partial charge on any atom is 0.188 e. The van der Waals surface area contributed by atoms with Crippen LogP contribution in [0.2, 0.25) is 0 Å². The Balaban J connectivity index is 1.47. The molecule has 246 valence electrons. The second-order valence-electron chi connectivity index (χ2n) is 11.6. The number of fused-ring (bicyclic) bond motifs is 1. The maximum atomic E-state index is 15.9. The number of aliphatic imine (C=N–C) groups is 1. The highest BCUT2D eigenvalue weighted by atomic mass is 32.3. The number of aromatic nitrogens is 5. The van der Waals surface area contributed by atoms with E-state index in [-0.39, 0.29) is 17.5 Å². The number of anilines is 2. The van der Waals surface area contributed by atoms with E-state index in [0.717, 1.165) is 11.3 Å². The van der Waals surface area contributed by atoms with Crippen LogP contribution in [0.3, 0.4) is 0 Å². The van der Waals surface area contributed by atoms with Crippen LogP contribution in [-0.2, 0) is 9.47 Å². The minimum Gasteiger partial charge on any atom is -0.497 e. The number of pyridine rings is 1. The fourth-order valence-electron chi connectivity index (χ4n) is 4.65. The smallest absolute Gasteiger partial charge is 0.188 e. The van der Waals surface area contributed by atoms with Gasteiger partial charge in [-0.05, 0) is 37.6 Å². The number of benzene rings is 1. The van der Waals surface area contributed by atoms with Crippen molar-refractivity contribution in [1.29, 1.82) is 0 Å². The molecule has 0 aliphatic carbocycles. The number of nitrogens with zero attached hydrogens (tertiary/aromatic N) is 8. The van der Waals surface area contributed by atoms with Gasteiger partial charge >= 0.3 is 0 Å². The van der Waals surface area contributed by atoms with Crippen molar-refractivity contribution in [3.63, 3.8) is 0 Å². The van der Waals surface area contributed by atoms with Crippen molar-refractivity contribution in [2.24, 2.45) is 4.99 Å². The molecule has 0 radical (unpaired) electrons. The van der Waals surface area contributed by atoms with Crippen molar-refractivity contribution < 1.29 is 23.3 Å². The van der Waals surface area contributed by atoms with Crippen LogP contribution in [0.1, 0.15) is 6.04 Å². The number of methoxy groups -OCH3 is 2. The highest BCUT2D eigenvalue weighted by Gasteiger charge is 2.23. The molecule has 0 unspecified atom stereocenters. The van der Waals surface area contributed by atoms with Gasteiger partial charge in [0.25, 0.3) is 0 Å². The van der Waals surface area contributed by atoms with Gasteiger partial charge in [0.2, 0.25) is 0 Å². The predicted octanol–water partition coefficient (Wildman–Crippen LogP) is 4.90. The summed E-state index contributed by atoms with van der Waals surface area (Å²) in [6, 6.07) is 6.97. The van der Waals surface area contributed by atoms with Crippen molar-refractivity contribution in [3.05, 3.63) is 61.1 Å². The predicted molar refractivity (Wildman–Crippen MR) is 181 cm³/mol. The van der Waals surface area contributed by atoms with Gasteiger partial charge in [0.1, 0.15) is 23.8 Å². The number of rotatable bonds is 16. The van der Waals surface area contributed by atoms with Crippen LogP contribution >= 0.6 is 10.0 Å². The van der Waals surface area contributed by atoms with Crippen LogP contribution in [0.15, 0.2) is 60.2 Å². The standard InChI is InChI=1S/C32H41FN8O4S/c1-34-9-10-39(22-44-13-14-46(4,5)6)11-12-40(28-15-25(42-2)16-29(43-3)31(28)33)30-8-7-26-32(38-30)37-27(18-35-26)23-17-36-41(19-23)24-20-45-21-24/h7-10,15-19,24H,1,11-14,20-22H2,2-6H3/b10-9-. The van der Waals surface area contributed by atoms with E-state index in [1.165, 1.54) is 20.3 Å². The monoisotopic (exact) mass is 652 g/mol. The molecule has 4 aromatic rings. The van der Waals surface area contributed by atoms with Gasteiger partial charge in [-0.1, -0.05) is 0 Å². The Bertz CT molecular complexity index is 1670. The largest absolute Gasteiger partial charge is 0.497 e. The lowest BCUT2D eigenvalue weighted by Gasteiger charge is -2.29. The van der Waals surface area contributed by atoms with Crippen LogP contribution in [0.4, 0.5) is 15.9 Å². The van der Waals surface area contributed by atoms with Gasteiger partial charge in [-0.3, -0.25) is 14.7 Å². The van der Waals surface area contributed by atoms with E-state index in [1.807, 2.05) is 21.8 Å². The normalized spacial score (nSPS) is 14.0. The zero-order chi connectivity index (χ0) is 32.7. The quantitative estimate of drug-likeness (QED) is 0.0942. The van der Waals surface area contributed by atoms with Crippen molar-refractivity contribution in [2.45, 2.75) is 6.04 Å². The first kappa shape index (κ1) is 33.1. The number of hydrogen-bond donors (Lipinski definition) is 0. The van der Waals surface area contributed by atoms with E-state index in [0.29, 0.717) is 68.1 Å². The average Bonchev–Trinajstić information content (AvgIpc) is 3.49. The second kappa shape index (κ2) is 14.9. The van der Waals surface area contributed by atoms with Crippen LogP contribution in [0.25, 0.3) is 22.4 Å². The summed E-state index contributed by atoms with van der Waals surface area (Å²) in [6.07, 6.45) is 15.6. The summed E-state index contributed by atoms with van der Waals surface area (Å²) in [7, 11) is 2.26. The third kappa shape index (κ3) is 8.11. The van der Waals surface area contributed by atoms with Crippen molar-refractivity contribution >= 4 is 39.4 Å². The van der Waals surface area contributed by atoms with Crippen molar-refractivity contribution in [3.8, 4) is 22.8 Å². The molecule has 14 heteroatoms. The summed E-state index contributed by atoms with van der Waals surface area (Å²) in [5.41, 5.74) is 2.70. The van der Waals surface area contributed by atoms with E-state index in [4.69, 9.17) is 28.9 Å². The van der Waals surface area contributed by atoms with E-state index in [2.05, 4.69) is 40.6 Å². The Hall–Kier alpha value is -4.27. The van der Waals surface area contributed by atoms with Crippen LogP contribution in [-0.4, -0.2) is 115 Å². The van der Waals surface area contributed by atoms with Gasteiger partial charge < -0.3 is 28.7 Å². The SMILES string of the molecule is C=N/C=C\N(CCN(c1ccc2ncc(-c3cnn(C4COC4)c3)nc2n1)c1cc(OC)cc(OC)c1F)COCCS(C)(C)C. The fourth-order valence-corrected chi connectivity index (χ4v) is 5.26. The number of ether oxygens (including phenoxy) is 4. The summed E-state index contributed by atoms with van der Waals surface area (Å²) in [5, 5.41) is 4.47. The van der Waals surface area contributed by atoms with Crippen LogP contribution < -0.4 is 14.4 Å². The minimum atomic E-state index is -0.688. The molecule has 1 aliphatic heterocycles. The van der Waals surface area contributed by atoms with E-state index in [1.54, 1.807) is 41.8 Å². The summed E-state index contributed by atoms with van der Waals surface area (Å²) < 4.78 is 40.0. The molecule has 5 rings (SSSR count). The Labute approximate surface area is 270 Å². The molecule has 0 spiro atoms. The molecule has 0 amide bonds. The summed E-state index contributed by atoms with van der Waals surface area (Å²) in [4.78, 5) is 21.9. The average molecular weight is 653 g/mol. The summed E-state index contributed by atoms with van der Waals surface area (Å²) in [5.74, 6) is 1.41. The molecular weight excluding hydrogens is 611 g/mol. The van der Waals surface area contributed by atoms with E-state index in [9.17, 15) is 0 Å². The first-order valence-corrected chi connectivity index (χ1v) is 17.8. The Morgan fingerprint density at radius 1 is 1.13 bits per heavy atom. The maximum absolute atomic E-state index is 15.9. The molecule has 1 fully saturated rings. The van der Waals surface area contributed by atoms with Gasteiger partial charge in [0.05, 0.1) is 63.9 Å². The summed E-state index contributed by atoms with van der Waals surface area (Å²) >= 11 is 0. The number of halogens is 1. The molecule has 4 heterocycles. The molecule has 1 saturated heterocycles. The molecule has 46 heavy (non-hydrogen) atoms. The lowest BCUT2D eigenvalue weighted by atomic mass is 10.2. The van der Waals surface area contributed by atoms with Crippen LogP contribution in [0, 0.1) is 5.82 Å². The third-order valence-electron chi connectivity index (χ3n) is 7.39. The van der Waals surface area contributed by atoms with Crippen molar-refractivity contribution in [2.75, 3.05) is 83.3 Å². The first-order chi connectivity index (χ1) is 22.2. The molecule has 0 N–H and O–H groups in total. The fraction of sp³-hybridized carbons (Fsp3) is 0.406. The first-order valence-electron chi connectivity index (χ1n) is 14.7. The van der Waals surface area contributed by atoms with Gasteiger partial charge in [-0.15, -0.1) is 0 Å². The Morgan fingerprint density at radius 3 is 2.65 bits per heavy atom. The zero-order valence-electron chi connectivity index (χ0n) is 26.9. The lowest BCUT2D eigenvalue weighted by Crippen LogP contribution is -2.32. The molecular formula is C32H41FN8O4S. The second-order valence-corrected chi connectivity index (χ2v) is 16.2. The van der Waals surface area contributed by atoms with Crippen LogP contribution in [0.5, 0.6) is 11.5 Å². The highest BCUT2D eigenvalue weighted by molar-refractivity contribution is 8.32.